The molecule has 3 rings (SSSR count). The molecule has 0 saturated carbocycles. The van der Waals surface area contributed by atoms with Crippen LogP contribution in [0.25, 0.3) is 0 Å². The highest BCUT2D eigenvalue weighted by Crippen LogP contribution is 2.26. The summed E-state index contributed by atoms with van der Waals surface area (Å²) in [5.41, 5.74) is 1.43. The van der Waals surface area contributed by atoms with Crippen molar-refractivity contribution >= 4 is 29.9 Å². The first-order chi connectivity index (χ1) is 10.9. The summed E-state index contributed by atoms with van der Waals surface area (Å²) < 4.78 is 5.36. The number of hydrogen-bond donors (Lipinski definition) is 1. The van der Waals surface area contributed by atoms with E-state index < -0.39 is 0 Å². The fourth-order valence-electron chi connectivity index (χ4n) is 3.03. The van der Waals surface area contributed by atoms with Crippen LogP contribution in [-0.2, 0) is 6.42 Å². The molecule has 1 N–H and O–H groups in total. The molecule has 0 spiro atoms. The molecule has 1 aromatic carbocycles. The van der Waals surface area contributed by atoms with Crippen molar-refractivity contribution in [2.75, 3.05) is 26.7 Å². The molecule has 1 aromatic heterocycles. The Morgan fingerprint density at radius 3 is 2.78 bits per heavy atom. The molecule has 23 heavy (non-hydrogen) atoms. The van der Waals surface area contributed by atoms with Crippen molar-refractivity contribution in [3.05, 3.63) is 60.1 Å². The molecule has 2 aromatic rings. The highest BCUT2D eigenvalue weighted by molar-refractivity contribution is 14.0. The number of rotatable bonds is 4. The molecule has 1 saturated heterocycles. The van der Waals surface area contributed by atoms with Gasteiger partial charge in [-0.25, -0.2) is 0 Å². The van der Waals surface area contributed by atoms with Gasteiger partial charge in [-0.05, 0) is 24.1 Å². The molecule has 2 heterocycles. The van der Waals surface area contributed by atoms with Crippen molar-refractivity contribution in [3.63, 3.8) is 0 Å². The summed E-state index contributed by atoms with van der Waals surface area (Å²) in [7, 11) is 1.85. The average molecular weight is 425 g/mol. The number of furan rings is 1. The van der Waals surface area contributed by atoms with Crippen LogP contribution in [0.2, 0.25) is 0 Å². The zero-order chi connectivity index (χ0) is 15.2. The fraction of sp³-hybridized carbons (Fsp3) is 0.389. The zero-order valence-electron chi connectivity index (χ0n) is 13.4. The molecule has 0 amide bonds. The Morgan fingerprint density at radius 1 is 1.26 bits per heavy atom. The molecule has 4 nitrogen and oxygen atoms in total. The molecule has 1 fully saturated rings. The third kappa shape index (κ3) is 4.73. The quantitative estimate of drug-likeness (QED) is 0.463. The molecule has 5 heteroatoms. The number of hydrogen-bond acceptors (Lipinski definition) is 2. The highest BCUT2D eigenvalue weighted by atomic mass is 127. The second-order valence-electron chi connectivity index (χ2n) is 5.65. The molecule has 0 radical (unpaired) electrons. The third-order valence-corrected chi connectivity index (χ3v) is 4.21. The lowest BCUT2D eigenvalue weighted by molar-refractivity contribution is 0.477. The SMILES string of the molecule is CN=C(NCCc1ccco1)N1CCC(c2ccccc2)C1.I. The normalized spacial score (nSPS) is 17.9. The first-order valence-corrected chi connectivity index (χ1v) is 7.90. The minimum absolute atomic E-state index is 0. The maximum absolute atomic E-state index is 5.36. The predicted octanol–water partition coefficient (Wildman–Crippen LogP) is 3.51. The second kappa shape index (κ2) is 8.96. The van der Waals surface area contributed by atoms with E-state index in [2.05, 4.69) is 45.5 Å². The summed E-state index contributed by atoms with van der Waals surface area (Å²) in [6, 6.07) is 14.7. The minimum Gasteiger partial charge on any atom is -0.469 e. The van der Waals surface area contributed by atoms with Crippen molar-refractivity contribution in [1.82, 2.24) is 10.2 Å². The lowest BCUT2D eigenvalue weighted by Crippen LogP contribution is -2.40. The average Bonchev–Trinajstić information content (AvgIpc) is 3.24. The summed E-state index contributed by atoms with van der Waals surface area (Å²) in [5, 5.41) is 3.44. The number of benzene rings is 1. The largest absolute Gasteiger partial charge is 0.469 e. The molecular weight excluding hydrogens is 401 g/mol. The molecule has 1 aliphatic heterocycles. The van der Waals surface area contributed by atoms with E-state index >= 15 is 0 Å². The number of guanidine groups is 1. The molecular formula is C18H24IN3O. The van der Waals surface area contributed by atoms with Gasteiger partial charge >= 0.3 is 0 Å². The number of likely N-dealkylation sites (tertiary alicyclic amines) is 1. The summed E-state index contributed by atoms with van der Waals surface area (Å²) in [4.78, 5) is 6.76. The first kappa shape index (κ1) is 17.8. The Labute approximate surface area is 155 Å². The topological polar surface area (TPSA) is 40.8 Å². The number of nitrogens with one attached hydrogen (secondary N) is 1. The van der Waals surface area contributed by atoms with Gasteiger partial charge in [-0.3, -0.25) is 4.99 Å². The Bertz CT molecular complexity index is 598. The van der Waals surface area contributed by atoms with Gasteiger partial charge in [0.1, 0.15) is 5.76 Å². The van der Waals surface area contributed by atoms with Crippen molar-refractivity contribution in [3.8, 4) is 0 Å². The van der Waals surface area contributed by atoms with Crippen LogP contribution < -0.4 is 5.32 Å². The molecule has 1 atom stereocenters. The van der Waals surface area contributed by atoms with Crippen LogP contribution in [0.15, 0.2) is 58.1 Å². The Hall–Kier alpha value is -1.50. The summed E-state index contributed by atoms with van der Waals surface area (Å²) in [6.45, 7) is 2.93. The van der Waals surface area contributed by atoms with Gasteiger partial charge in [0.2, 0.25) is 0 Å². The minimum atomic E-state index is 0. The molecule has 0 bridgehead atoms. The smallest absolute Gasteiger partial charge is 0.193 e. The van der Waals surface area contributed by atoms with Crippen LogP contribution in [0.1, 0.15) is 23.7 Å². The fourth-order valence-corrected chi connectivity index (χ4v) is 3.03. The van der Waals surface area contributed by atoms with E-state index in [0.717, 1.165) is 37.8 Å². The highest BCUT2D eigenvalue weighted by Gasteiger charge is 2.25. The van der Waals surface area contributed by atoms with Gasteiger partial charge in [0.15, 0.2) is 5.96 Å². The standard InChI is InChI=1S/C18H23N3O.HI/c1-19-18(20-11-9-17-8-5-13-22-17)21-12-10-16(14-21)15-6-3-2-4-7-15;/h2-8,13,16H,9-12,14H2,1H3,(H,19,20);1H. The molecule has 1 aliphatic rings. The van der Waals surface area contributed by atoms with Crippen molar-refractivity contribution in [2.45, 2.75) is 18.8 Å². The van der Waals surface area contributed by atoms with Crippen LogP contribution in [0.5, 0.6) is 0 Å². The lowest BCUT2D eigenvalue weighted by Gasteiger charge is -2.21. The third-order valence-electron chi connectivity index (χ3n) is 4.21. The van der Waals surface area contributed by atoms with Gasteiger partial charge in [0.25, 0.3) is 0 Å². The molecule has 0 aliphatic carbocycles. The van der Waals surface area contributed by atoms with Gasteiger partial charge < -0.3 is 14.6 Å². The number of aliphatic imine (C=N–C) groups is 1. The van der Waals surface area contributed by atoms with E-state index in [1.54, 1.807) is 6.26 Å². The maximum Gasteiger partial charge on any atom is 0.193 e. The van der Waals surface area contributed by atoms with Crippen molar-refractivity contribution < 1.29 is 4.42 Å². The lowest BCUT2D eigenvalue weighted by atomic mass is 9.99. The van der Waals surface area contributed by atoms with Gasteiger partial charge in [0.05, 0.1) is 6.26 Å². The van der Waals surface area contributed by atoms with Crippen LogP contribution in [-0.4, -0.2) is 37.5 Å². The van der Waals surface area contributed by atoms with E-state index in [1.807, 2.05) is 19.2 Å². The number of nitrogens with zero attached hydrogens (tertiary/aromatic N) is 2. The predicted molar refractivity (Wildman–Crippen MR) is 105 cm³/mol. The Kier molecular flexibility index (Phi) is 6.95. The summed E-state index contributed by atoms with van der Waals surface area (Å²) >= 11 is 0. The van der Waals surface area contributed by atoms with Gasteiger partial charge in [-0.2, -0.15) is 0 Å². The van der Waals surface area contributed by atoms with Crippen molar-refractivity contribution in [1.29, 1.82) is 0 Å². The van der Waals surface area contributed by atoms with E-state index in [1.165, 1.54) is 12.0 Å². The second-order valence-corrected chi connectivity index (χ2v) is 5.65. The van der Waals surface area contributed by atoms with Crippen LogP contribution >= 0.6 is 24.0 Å². The van der Waals surface area contributed by atoms with Gasteiger partial charge in [-0.1, -0.05) is 30.3 Å². The summed E-state index contributed by atoms with van der Waals surface area (Å²) in [6.07, 6.45) is 3.78. The van der Waals surface area contributed by atoms with E-state index in [4.69, 9.17) is 4.42 Å². The monoisotopic (exact) mass is 425 g/mol. The van der Waals surface area contributed by atoms with E-state index in [9.17, 15) is 0 Å². The zero-order valence-corrected chi connectivity index (χ0v) is 15.8. The van der Waals surface area contributed by atoms with Crippen LogP contribution in [0.4, 0.5) is 0 Å². The van der Waals surface area contributed by atoms with E-state index in [0.29, 0.717) is 5.92 Å². The van der Waals surface area contributed by atoms with Gasteiger partial charge in [0, 0.05) is 39.0 Å². The van der Waals surface area contributed by atoms with E-state index in [-0.39, 0.29) is 24.0 Å². The maximum atomic E-state index is 5.36. The van der Waals surface area contributed by atoms with Crippen molar-refractivity contribution in [2.24, 2.45) is 4.99 Å². The van der Waals surface area contributed by atoms with Gasteiger partial charge in [-0.15, -0.1) is 24.0 Å². The Balaban J connectivity index is 0.00000192. The molecule has 124 valence electrons. The van der Waals surface area contributed by atoms with Crippen LogP contribution in [0.3, 0.4) is 0 Å². The first-order valence-electron chi connectivity index (χ1n) is 7.90. The summed E-state index contributed by atoms with van der Waals surface area (Å²) in [5.74, 6) is 2.60. The van der Waals surface area contributed by atoms with Crippen LogP contribution in [0, 0.1) is 0 Å². The molecule has 1 unspecified atom stereocenters. The number of halogens is 1. The Morgan fingerprint density at radius 2 is 2.09 bits per heavy atom.